The maximum atomic E-state index is 14.8. The quantitative estimate of drug-likeness (QED) is 0.0811. The lowest BCUT2D eigenvalue weighted by Crippen LogP contribution is -2.56. The van der Waals surface area contributed by atoms with E-state index in [4.69, 9.17) is 0 Å². The number of Topliss-reactive ketones (excluding diaryl/α,β-unsaturated/α-hetero) is 1. The Hall–Kier alpha value is -4.66. The molecule has 2 saturated heterocycles. The van der Waals surface area contributed by atoms with E-state index in [9.17, 15) is 38.2 Å². The molecule has 12 nitrogen and oxygen atoms in total. The number of rotatable bonds is 15. The molecule has 344 valence electrons. The fraction of sp³-hybridized carbons (Fsp3) is 0.592. The molecule has 2 fully saturated rings. The SMILES string of the molecule is CC[C@@H](C)C(=O)N[C@H](C(=O)N1C[C@@H](O)C[C@H]1Cc1c(Cc2[nH]c3cc(F)ccc3c2C[C@@H]2C[C@H](O)CN2C(=O)[C@@H](CC(=O)[C@H](C)NC)C(C)(C)C)[nH]c2cc(F)ccc12)C(C)(C)C. The Morgan fingerprint density at radius 3 is 1.68 bits per heavy atom. The van der Waals surface area contributed by atoms with Crippen LogP contribution in [0.25, 0.3) is 21.8 Å². The number of carbonyl (C=O) groups excluding carboxylic acids is 4. The summed E-state index contributed by atoms with van der Waals surface area (Å²) >= 11 is 0. The summed E-state index contributed by atoms with van der Waals surface area (Å²) in [7, 11) is 1.71. The normalized spacial score (nSPS) is 21.6. The van der Waals surface area contributed by atoms with Gasteiger partial charge in [-0.05, 0) is 104 Å². The van der Waals surface area contributed by atoms with Gasteiger partial charge in [-0.2, -0.15) is 0 Å². The monoisotopic (exact) mass is 875 g/mol. The van der Waals surface area contributed by atoms with E-state index in [0.29, 0.717) is 43.1 Å². The molecule has 4 aromatic rings. The molecule has 3 amide bonds. The molecule has 2 aliphatic heterocycles. The molecule has 14 heteroatoms. The summed E-state index contributed by atoms with van der Waals surface area (Å²) in [5.74, 6) is -2.52. The van der Waals surface area contributed by atoms with E-state index in [2.05, 4.69) is 20.6 Å². The minimum Gasteiger partial charge on any atom is -0.391 e. The highest BCUT2D eigenvalue weighted by Crippen LogP contribution is 2.38. The third-order valence-electron chi connectivity index (χ3n) is 13.6. The largest absolute Gasteiger partial charge is 0.391 e. The van der Waals surface area contributed by atoms with Crippen molar-refractivity contribution in [2.45, 2.75) is 144 Å². The lowest BCUT2D eigenvalue weighted by atomic mass is 9.76. The highest BCUT2D eigenvalue weighted by atomic mass is 19.1. The van der Waals surface area contributed by atoms with Crippen LogP contribution in [0.3, 0.4) is 0 Å². The number of amides is 3. The van der Waals surface area contributed by atoms with E-state index in [1.807, 2.05) is 55.4 Å². The molecule has 0 unspecified atom stereocenters. The highest BCUT2D eigenvalue weighted by Gasteiger charge is 2.44. The van der Waals surface area contributed by atoms with Crippen molar-refractivity contribution in [1.29, 1.82) is 0 Å². The number of benzene rings is 2. The number of carbonyl (C=O) groups is 4. The van der Waals surface area contributed by atoms with Gasteiger partial charge in [0.25, 0.3) is 0 Å². The van der Waals surface area contributed by atoms with E-state index >= 15 is 0 Å². The number of aliphatic hydroxyl groups excluding tert-OH is 2. The van der Waals surface area contributed by atoms with Crippen LogP contribution in [-0.4, -0.2) is 110 Å². The van der Waals surface area contributed by atoms with Crippen LogP contribution >= 0.6 is 0 Å². The van der Waals surface area contributed by atoms with Crippen LogP contribution in [0.1, 0.15) is 111 Å². The van der Waals surface area contributed by atoms with Gasteiger partial charge < -0.3 is 40.6 Å². The smallest absolute Gasteiger partial charge is 0.246 e. The van der Waals surface area contributed by atoms with Crippen LogP contribution in [0, 0.1) is 34.3 Å². The van der Waals surface area contributed by atoms with E-state index in [1.54, 1.807) is 35.9 Å². The second kappa shape index (κ2) is 18.8. The average molecular weight is 875 g/mol. The minimum absolute atomic E-state index is 0.0512. The molecule has 6 N–H and O–H groups in total. The van der Waals surface area contributed by atoms with Gasteiger partial charge in [0.1, 0.15) is 23.5 Å². The van der Waals surface area contributed by atoms with Gasteiger partial charge in [-0.15, -0.1) is 0 Å². The third kappa shape index (κ3) is 10.5. The standard InChI is InChI=1S/C49H68F2N6O6/c1-11-26(2)45(61)55-44(49(7,8)9)47(63)57-25-33(59)19-31(57)21-37-35-15-13-29(51)17-40(35)54-42(37)23-41-36(34-14-12-28(50)16-39(34)53-41)20-30-18-32(58)24-56(30)46(62)38(48(4,5)6)22-43(60)27(3)52-10/h12-17,26-27,30-33,38,44,52-54,58-59H,11,18-25H2,1-10H3,(H,55,61)/t26-,27+,30+,31+,32+,33+,38-,44-/m1/s1. The molecule has 6 rings (SSSR count). The lowest BCUT2D eigenvalue weighted by Gasteiger charge is -2.36. The number of nitrogens with one attached hydrogen (secondary N) is 4. The van der Waals surface area contributed by atoms with Gasteiger partial charge >= 0.3 is 0 Å². The summed E-state index contributed by atoms with van der Waals surface area (Å²) in [6, 6.07) is 6.92. The predicted molar refractivity (Wildman–Crippen MR) is 241 cm³/mol. The molecule has 0 radical (unpaired) electrons. The maximum Gasteiger partial charge on any atom is 0.246 e. The molecule has 8 atom stereocenters. The van der Waals surface area contributed by atoms with Crippen LogP contribution < -0.4 is 10.6 Å². The first kappa shape index (κ1) is 47.8. The summed E-state index contributed by atoms with van der Waals surface area (Å²) in [5, 5.41) is 29.6. The van der Waals surface area contributed by atoms with Crippen molar-refractivity contribution in [3.05, 3.63) is 70.5 Å². The zero-order chi connectivity index (χ0) is 46.3. The Balaban J connectivity index is 1.37. The number of aliphatic hydroxyl groups is 2. The number of H-pyrrole nitrogens is 2. The molecular weight excluding hydrogens is 807 g/mol. The molecule has 0 aliphatic carbocycles. The number of aromatic nitrogens is 2. The van der Waals surface area contributed by atoms with Gasteiger partial charge in [0.15, 0.2) is 0 Å². The Kier molecular flexibility index (Phi) is 14.3. The van der Waals surface area contributed by atoms with Crippen molar-refractivity contribution in [2.24, 2.45) is 22.7 Å². The summed E-state index contributed by atoms with van der Waals surface area (Å²) in [6.45, 7) is 17.3. The second-order valence-electron chi connectivity index (χ2n) is 20.4. The molecule has 63 heavy (non-hydrogen) atoms. The number of likely N-dealkylation sites (N-methyl/N-ethyl adjacent to an activating group) is 1. The second-order valence-corrected chi connectivity index (χ2v) is 20.4. The number of nitrogens with zero attached hydrogens (tertiary/aromatic N) is 2. The first-order valence-corrected chi connectivity index (χ1v) is 22.6. The van der Waals surface area contributed by atoms with Crippen molar-refractivity contribution in [2.75, 3.05) is 20.1 Å². The Morgan fingerprint density at radius 2 is 1.25 bits per heavy atom. The molecule has 0 spiro atoms. The molecular formula is C49H68F2N6O6. The van der Waals surface area contributed by atoms with E-state index in [-0.39, 0.29) is 55.4 Å². The number of likely N-dealkylation sites (tertiary alicyclic amines) is 2. The van der Waals surface area contributed by atoms with E-state index < -0.39 is 64.8 Å². The number of hydrogen-bond donors (Lipinski definition) is 6. The topological polar surface area (TPSA) is 171 Å². The van der Waals surface area contributed by atoms with Crippen LogP contribution in [0.5, 0.6) is 0 Å². The molecule has 4 heterocycles. The van der Waals surface area contributed by atoms with Gasteiger partial charge in [-0.1, -0.05) is 55.4 Å². The average Bonchev–Trinajstić information content (AvgIpc) is 3.96. The van der Waals surface area contributed by atoms with Crippen molar-refractivity contribution in [3.8, 4) is 0 Å². The Labute approximate surface area is 369 Å². The molecule has 0 bridgehead atoms. The summed E-state index contributed by atoms with van der Waals surface area (Å²) < 4.78 is 29.6. The minimum atomic E-state index is -0.839. The maximum absolute atomic E-state index is 14.8. The zero-order valence-electron chi connectivity index (χ0n) is 38.6. The fourth-order valence-electron chi connectivity index (χ4n) is 9.48. The zero-order valence-corrected chi connectivity index (χ0v) is 38.6. The van der Waals surface area contributed by atoms with Gasteiger partial charge in [0, 0.05) is 83.0 Å². The predicted octanol–water partition coefficient (Wildman–Crippen LogP) is 6.33. The van der Waals surface area contributed by atoms with Gasteiger partial charge in [0.05, 0.1) is 18.2 Å². The first-order chi connectivity index (χ1) is 29.5. The van der Waals surface area contributed by atoms with Gasteiger partial charge in [-0.3, -0.25) is 19.2 Å². The summed E-state index contributed by atoms with van der Waals surface area (Å²) in [5.41, 5.74) is 3.08. The van der Waals surface area contributed by atoms with Crippen molar-refractivity contribution < 1.29 is 38.2 Å². The first-order valence-electron chi connectivity index (χ1n) is 22.6. The van der Waals surface area contributed by atoms with Crippen molar-refractivity contribution in [1.82, 2.24) is 30.4 Å². The number of aromatic amines is 2. The summed E-state index contributed by atoms with van der Waals surface area (Å²) in [6.07, 6.45) is 0.635. The molecule has 2 aromatic heterocycles. The molecule has 2 aliphatic rings. The van der Waals surface area contributed by atoms with Crippen LogP contribution in [-0.2, 0) is 38.4 Å². The van der Waals surface area contributed by atoms with Gasteiger partial charge in [-0.25, -0.2) is 8.78 Å². The van der Waals surface area contributed by atoms with E-state index in [1.165, 1.54) is 24.3 Å². The number of β-amino-alcohol motifs (C(OH)–C–C–N with tert-alkyl or cyclic N) is 2. The highest BCUT2D eigenvalue weighted by molar-refractivity contribution is 5.91. The number of ketones is 1. The van der Waals surface area contributed by atoms with Gasteiger partial charge in [0.2, 0.25) is 17.7 Å². The fourth-order valence-corrected chi connectivity index (χ4v) is 9.48. The Bertz CT molecular complexity index is 2170. The molecule has 0 saturated carbocycles. The van der Waals surface area contributed by atoms with Crippen LogP contribution in [0.2, 0.25) is 0 Å². The third-order valence-corrected chi connectivity index (χ3v) is 13.6. The number of hydrogen-bond acceptors (Lipinski definition) is 7. The molecule has 2 aromatic carbocycles. The Morgan fingerprint density at radius 1 is 0.778 bits per heavy atom. The van der Waals surface area contributed by atoms with Crippen LogP contribution in [0.15, 0.2) is 36.4 Å². The van der Waals surface area contributed by atoms with E-state index in [0.717, 1.165) is 33.3 Å². The van der Waals surface area contributed by atoms with Crippen LogP contribution in [0.4, 0.5) is 8.78 Å². The van der Waals surface area contributed by atoms with Crippen molar-refractivity contribution in [3.63, 3.8) is 0 Å². The summed E-state index contributed by atoms with van der Waals surface area (Å²) in [4.78, 5) is 65.6. The number of halogens is 2. The number of fused-ring (bicyclic) bond motifs is 2. The van der Waals surface area contributed by atoms with Crippen molar-refractivity contribution >= 4 is 45.3 Å². The lowest BCUT2D eigenvalue weighted by molar-refractivity contribution is -0.143.